The van der Waals surface area contributed by atoms with Gasteiger partial charge in [0.05, 0.1) is 0 Å². The van der Waals surface area contributed by atoms with Crippen LogP contribution in [-0.4, -0.2) is 17.8 Å². The largest absolute Gasteiger partial charge is 0.313 e. The summed E-state index contributed by atoms with van der Waals surface area (Å²) in [4.78, 5) is 0. The molecule has 1 N–H and O–H groups in total. The van der Waals surface area contributed by atoms with E-state index in [1.54, 1.807) is 0 Å². The summed E-state index contributed by atoms with van der Waals surface area (Å²) in [6.45, 7) is 10.0. The number of hydrogen-bond donors (Lipinski definition) is 1. The van der Waals surface area contributed by atoms with E-state index < -0.39 is 0 Å². The minimum atomic E-state index is 0.633. The molecule has 0 amide bonds. The second-order valence-electron chi connectivity index (χ2n) is 4.52. The highest BCUT2D eigenvalue weighted by molar-refractivity contribution is 7.99. The van der Waals surface area contributed by atoms with Crippen LogP contribution in [0.5, 0.6) is 0 Å². The highest BCUT2D eigenvalue weighted by Crippen LogP contribution is 2.23. The van der Waals surface area contributed by atoms with E-state index in [-0.39, 0.29) is 0 Å². The van der Waals surface area contributed by atoms with E-state index in [2.05, 4.69) is 69.0 Å². The van der Waals surface area contributed by atoms with Gasteiger partial charge in [-0.1, -0.05) is 45.0 Å². The predicted octanol–water partition coefficient (Wildman–Crippen LogP) is 4.00. The van der Waals surface area contributed by atoms with Crippen molar-refractivity contribution in [3.63, 3.8) is 0 Å². The molecule has 1 aromatic rings. The van der Waals surface area contributed by atoms with Gasteiger partial charge in [-0.15, -0.1) is 0 Å². The summed E-state index contributed by atoms with van der Waals surface area (Å²) in [5.41, 5.74) is 2.87. The molecule has 0 radical (unpaired) electrons. The monoisotopic (exact) mass is 251 g/mol. The molecule has 0 spiro atoms. The van der Waals surface area contributed by atoms with Crippen LogP contribution < -0.4 is 5.32 Å². The van der Waals surface area contributed by atoms with Crippen molar-refractivity contribution >= 4 is 11.8 Å². The molecule has 1 aromatic carbocycles. The molecule has 0 aliphatic heterocycles. The molecule has 17 heavy (non-hydrogen) atoms. The van der Waals surface area contributed by atoms with E-state index in [1.807, 2.05) is 0 Å². The molecule has 96 valence electrons. The van der Waals surface area contributed by atoms with E-state index in [0.717, 1.165) is 12.3 Å². The average molecular weight is 251 g/mol. The van der Waals surface area contributed by atoms with Crippen LogP contribution in [0.4, 0.5) is 0 Å². The molecule has 0 aromatic heterocycles. The number of rotatable bonds is 7. The Balaban J connectivity index is 2.47. The number of nitrogens with one attached hydrogen (secondary N) is 1. The Morgan fingerprint density at radius 2 is 1.94 bits per heavy atom. The molecule has 1 nitrogen and oxygen atoms in total. The number of benzene rings is 1. The fourth-order valence-corrected chi connectivity index (χ4v) is 3.30. The second kappa shape index (κ2) is 7.78. The van der Waals surface area contributed by atoms with Crippen LogP contribution in [-0.2, 0) is 5.75 Å². The Bertz CT molecular complexity index is 324. The quantitative estimate of drug-likeness (QED) is 0.786. The van der Waals surface area contributed by atoms with Crippen molar-refractivity contribution in [3.8, 4) is 0 Å². The van der Waals surface area contributed by atoms with Crippen LogP contribution >= 0.6 is 11.8 Å². The van der Waals surface area contributed by atoms with Crippen LogP contribution in [0.1, 0.15) is 38.3 Å². The van der Waals surface area contributed by atoms with Gasteiger partial charge in [0.25, 0.3) is 0 Å². The first kappa shape index (κ1) is 14.6. The third-order valence-corrected chi connectivity index (χ3v) is 4.57. The fraction of sp³-hybridized carbons (Fsp3) is 0.600. The zero-order valence-corrected chi connectivity index (χ0v) is 12.3. The van der Waals surface area contributed by atoms with E-state index in [0.29, 0.717) is 11.3 Å². The first-order valence-electron chi connectivity index (χ1n) is 6.58. The van der Waals surface area contributed by atoms with Crippen molar-refractivity contribution in [2.75, 3.05) is 6.54 Å². The summed E-state index contributed by atoms with van der Waals surface area (Å²) in [7, 11) is 0. The summed E-state index contributed by atoms with van der Waals surface area (Å²) in [5, 5.41) is 4.23. The number of aryl methyl sites for hydroxylation is 1. The van der Waals surface area contributed by atoms with Gasteiger partial charge < -0.3 is 5.32 Å². The zero-order chi connectivity index (χ0) is 12.7. The van der Waals surface area contributed by atoms with Gasteiger partial charge >= 0.3 is 0 Å². The molecule has 0 heterocycles. The molecule has 0 aliphatic carbocycles. The topological polar surface area (TPSA) is 12.0 Å². The maximum absolute atomic E-state index is 3.56. The average Bonchev–Trinajstić information content (AvgIpc) is 2.34. The van der Waals surface area contributed by atoms with Crippen LogP contribution in [0.2, 0.25) is 0 Å². The summed E-state index contributed by atoms with van der Waals surface area (Å²) in [5.74, 6) is 1.12. The lowest BCUT2D eigenvalue weighted by molar-refractivity contribution is 0.509. The second-order valence-corrected chi connectivity index (χ2v) is 5.88. The number of hydrogen-bond acceptors (Lipinski definition) is 2. The van der Waals surface area contributed by atoms with Crippen LogP contribution in [0.15, 0.2) is 24.3 Å². The molecule has 2 atom stereocenters. The predicted molar refractivity (Wildman–Crippen MR) is 79.7 cm³/mol. The highest BCUT2D eigenvalue weighted by Gasteiger charge is 2.14. The molecule has 0 saturated heterocycles. The standard InChI is InChI=1S/C15H25NS/c1-5-15(16-6-2)13(4)17-11-14-10-8-7-9-12(14)3/h7-10,13,15-16H,5-6,11H2,1-4H3. The highest BCUT2D eigenvalue weighted by atomic mass is 32.2. The lowest BCUT2D eigenvalue weighted by atomic mass is 10.1. The molecular formula is C15H25NS. The third kappa shape index (κ3) is 4.72. The molecule has 2 unspecified atom stereocenters. The van der Waals surface area contributed by atoms with E-state index >= 15 is 0 Å². The lowest BCUT2D eigenvalue weighted by Crippen LogP contribution is -2.36. The van der Waals surface area contributed by atoms with Gasteiger partial charge in [0.1, 0.15) is 0 Å². The van der Waals surface area contributed by atoms with Gasteiger partial charge in [-0.3, -0.25) is 0 Å². The van der Waals surface area contributed by atoms with Crippen molar-refractivity contribution in [1.82, 2.24) is 5.32 Å². The Morgan fingerprint density at radius 1 is 1.24 bits per heavy atom. The molecular weight excluding hydrogens is 226 g/mol. The number of thioether (sulfide) groups is 1. The van der Waals surface area contributed by atoms with Gasteiger partial charge in [0.15, 0.2) is 0 Å². The van der Waals surface area contributed by atoms with Gasteiger partial charge in [-0.05, 0) is 31.0 Å². The zero-order valence-electron chi connectivity index (χ0n) is 11.5. The summed E-state index contributed by atoms with van der Waals surface area (Å²) in [6.07, 6.45) is 1.20. The molecule has 1 rings (SSSR count). The first-order chi connectivity index (χ1) is 8.19. The maximum atomic E-state index is 3.56. The van der Waals surface area contributed by atoms with E-state index in [9.17, 15) is 0 Å². The van der Waals surface area contributed by atoms with Crippen molar-refractivity contribution < 1.29 is 0 Å². The first-order valence-corrected chi connectivity index (χ1v) is 7.63. The van der Waals surface area contributed by atoms with Gasteiger partial charge in [0.2, 0.25) is 0 Å². The Morgan fingerprint density at radius 3 is 2.53 bits per heavy atom. The minimum absolute atomic E-state index is 0.633. The van der Waals surface area contributed by atoms with Gasteiger partial charge in [-0.2, -0.15) is 11.8 Å². The summed E-state index contributed by atoms with van der Waals surface area (Å²) >= 11 is 2.05. The van der Waals surface area contributed by atoms with Crippen molar-refractivity contribution in [3.05, 3.63) is 35.4 Å². The van der Waals surface area contributed by atoms with Crippen molar-refractivity contribution in [2.45, 2.75) is 51.2 Å². The van der Waals surface area contributed by atoms with E-state index in [1.165, 1.54) is 17.5 Å². The van der Waals surface area contributed by atoms with E-state index in [4.69, 9.17) is 0 Å². The molecule has 2 heteroatoms. The van der Waals surface area contributed by atoms with Crippen LogP contribution in [0.25, 0.3) is 0 Å². The van der Waals surface area contributed by atoms with Crippen molar-refractivity contribution in [1.29, 1.82) is 0 Å². The Labute approximate surface area is 110 Å². The lowest BCUT2D eigenvalue weighted by Gasteiger charge is -2.23. The fourth-order valence-electron chi connectivity index (χ4n) is 2.01. The van der Waals surface area contributed by atoms with Gasteiger partial charge in [-0.25, -0.2) is 0 Å². The molecule has 0 bridgehead atoms. The normalized spacial score (nSPS) is 14.6. The minimum Gasteiger partial charge on any atom is -0.313 e. The van der Waals surface area contributed by atoms with Gasteiger partial charge in [0, 0.05) is 17.0 Å². The Kier molecular flexibility index (Phi) is 6.68. The molecule has 0 aliphatic rings. The summed E-state index contributed by atoms with van der Waals surface area (Å²) in [6, 6.07) is 9.31. The molecule has 0 fully saturated rings. The summed E-state index contributed by atoms with van der Waals surface area (Å²) < 4.78 is 0. The van der Waals surface area contributed by atoms with Crippen LogP contribution in [0.3, 0.4) is 0 Å². The van der Waals surface area contributed by atoms with Crippen LogP contribution in [0, 0.1) is 6.92 Å². The third-order valence-electron chi connectivity index (χ3n) is 3.24. The Hall–Kier alpha value is -0.470. The molecule has 0 saturated carbocycles. The van der Waals surface area contributed by atoms with Crippen molar-refractivity contribution in [2.24, 2.45) is 0 Å². The smallest absolute Gasteiger partial charge is 0.0190 e. The maximum Gasteiger partial charge on any atom is 0.0190 e. The SMILES string of the molecule is CCNC(CC)C(C)SCc1ccccc1C.